The lowest BCUT2D eigenvalue weighted by Gasteiger charge is -2.33. The number of nitrogens with zero attached hydrogens (tertiary/aromatic N) is 1. The minimum absolute atomic E-state index is 0.447. The van der Waals surface area contributed by atoms with E-state index in [1.54, 1.807) is 0 Å². The number of quaternary nitrogens is 1. The van der Waals surface area contributed by atoms with Crippen molar-refractivity contribution in [2.75, 3.05) is 27.2 Å². The molecular formula is C11H19NO4. The molecule has 1 N–H and O–H groups in total. The van der Waals surface area contributed by atoms with Crippen molar-refractivity contribution in [1.82, 2.24) is 0 Å². The van der Waals surface area contributed by atoms with Crippen LogP contribution in [0.15, 0.2) is 12.2 Å². The van der Waals surface area contributed by atoms with Gasteiger partial charge in [0.1, 0.15) is 0 Å². The number of carboxylic acids is 2. The molecular weight excluding hydrogens is 210 g/mol. The Morgan fingerprint density at radius 1 is 1.12 bits per heavy atom. The van der Waals surface area contributed by atoms with E-state index < -0.39 is 11.9 Å². The first kappa shape index (κ1) is 14.6. The van der Waals surface area contributed by atoms with Gasteiger partial charge in [0, 0.05) is 6.08 Å². The highest BCUT2D eigenvalue weighted by Gasteiger charge is 2.17. The molecule has 5 heteroatoms. The van der Waals surface area contributed by atoms with Crippen LogP contribution in [0.25, 0.3) is 0 Å². The largest absolute Gasteiger partial charge is 0.545 e. The Morgan fingerprint density at radius 3 is 1.81 bits per heavy atom. The first-order chi connectivity index (χ1) is 7.33. The van der Waals surface area contributed by atoms with E-state index >= 15 is 0 Å². The van der Waals surface area contributed by atoms with E-state index in [2.05, 4.69) is 14.1 Å². The van der Waals surface area contributed by atoms with Gasteiger partial charge in [0.15, 0.2) is 0 Å². The lowest BCUT2D eigenvalue weighted by Crippen LogP contribution is -2.43. The second-order valence-corrected chi connectivity index (χ2v) is 4.43. The second-order valence-electron chi connectivity index (χ2n) is 4.43. The number of carboxylic acid groups (broad SMARTS) is 2. The van der Waals surface area contributed by atoms with Gasteiger partial charge in [0.25, 0.3) is 0 Å². The summed E-state index contributed by atoms with van der Waals surface area (Å²) in [6.07, 6.45) is 5.28. The predicted molar refractivity (Wildman–Crippen MR) is 57.5 cm³/mol. The van der Waals surface area contributed by atoms with Crippen LogP contribution >= 0.6 is 0 Å². The van der Waals surface area contributed by atoms with Crippen molar-refractivity contribution >= 4 is 11.9 Å². The van der Waals surface area contributed by atoms with Crippen LogP contribution in [0.5, 0.6) is 0 Å². The molecule has 5 nitrogen and oxygen atoms in total. The van der Waals surface area contributed by atoms with Gasteiger partial charge >= 0.3 is 5.97 Å². The molecule has 0 aliphatic carbocycles. The summed E-state index contributed by atoms with van der Waals surface area (Å²) in [6.45, 7) is 2.78. The standard InChI is InChI=1S/C7H16N.C4H4O4/c1-8(2)6-4-3-5-7-8;5-3(6)1-2-4(7)8/h3-7H2,1-2H3;1-2H,(H,5,6)(H,7,8)/q+1;/p-1. The average Bonchev–Trinajstić information content (AvgIpc) is 2.15. The van der Waals surface area contributed by atoms with E-state index in [1.807, 2.05) is 0 Å². The molecule has 1 saturated heterocycles. The zero-order valence-corrected chi connectivity index (χ0v) is 9.81. The van der Waals surface area contributed by atoms with Crippen LogP contribution in [0.3, 0.4) is 0 Å². The minimum Gasteiger partial charge on any atom is -0.545 e. The molecule has 0 spiro atoms. The first-order valence-corrected chi connectivity index (χ1v) is 5.27. The van der Waals surface area contributed by atoms with E-state index in [-0.39, 0.29) is 0 Å². The summed E-state index contributed by atoms with van der Waals surface area (Å²) in [5, 5.41) is 17.2. The molecule has 0 amide bonds. The Balaban J connectivity index is 0.000000281. The molecule has 0 aromatic heterocycles. The molecule has 1 rings (SSSR count). The maximum atomic E-state index is 9.53. The molecule has 0 unspecified atom stereocenters. The lowest BCUT2D eigenvalue weighted by molar-refractivity contribution is -0.894. The van der Waals surface area contributed by atoms with E-state index in [9.17, 15) is 14.7 Å². The molecule has 0 aromatic rings. The van der Waals surface area contributed by atoms with Crippen LogP contribution in [0.2, 0.25) is 0 Å². The molecule has 0 radical (unpaired) electrons. The highest BCUT2D eigenvalue weighted by molar-refractivity contribution is 5.88. The van der Waals surface area contributed by atoms with Crippen LogP contribution < -0.4 is 5.11 Å². The molecule has 0 bridgehead atoms. The van der Waals surface area contributed by atoms with Gasteiger partial charge in [0.2, 0.25) is 0 Å². The van der Waals surface area contributed by atoms with Gasteiger partial charge in [-0.05, 0) is 25.3 Å². The fourth-order valence-corrected chi connectivity index (χ4v) is 1.51. The second kappa shape index (κ2) is 7.00. The average molecular weight is 229 g/mol. The quantitative estimate of drug-likeness (QED) is 0.517. The number of hydrogen-bond acceptors (Lipinski definition) is 3. The molecule has 0 atom stereocenters. The number of piperidine rings is 1. The summed E-state index contributed by atoms with van der Waals surface area (Å²) in [4.78, 5) is 19.0. The topological polar surface area (TPSA) is 77.4 Å². The Morgan fingerprint density at radius 2 is 1.62 bits per heavy atom. The third kappa shape index (κ3) is 9.21. The number of carbonyl (C=O) groups is 2. The Labute approximate surface area is 95.6 Å². The summed E-state index contributed by atoms with van der Waals surface area (Å²) >= 11 is 0. The summed E-state index contributed by atoms with van der Waals surface area (Å²) < 4.78 is 1.25. The number of rotatable bonds is 2. The molecule has 1 aliphatic rings. The van der Waals surface area contributed by atoms with Crippen molar-refractivity contribution in [3.05, 3.63) is 12.2 Å². The third-order valence-corrected chi connectivity index (χ3v) is 2.39. The fourth-order valence-electron chi connectivity index (χ4n) is 1.51. The predicted octanol–water partition coefficient (Wildman–Crippen LogP) is -0.376. The van der Waals surface area contributed by atoms with Crippen molar-refractivity contribution in [2.45, 2.75) is 19.3 Å². The van der Waals surface area contributed by atoms with E-state index in [0.717, 1.165) is 0 Å². The molecule has 92 valence electrons. The summed E-state index contributed by atoms with van der Waals surface area (Å²) in [5.74, 6) is -2.80. The smallest absolute Gasteiger partial charge is 0.328 e. The zero-order valence-electron chi connectivity index (χ0n) is 9.81. The Bertz CT molecular complexity index is 247. The van der Waals surface area contributed by atoms with Crippen LogP contribution in [0.1, 0.15) is 19.3 Å². The molecule has 0 saturated carbocycles. The molecule has 1 heterocycles. The number of carbonyl (C=O) groups excluding carboxylic acids is 1. The van der Waals surface area contributed by atoms with Crippen LogP contribution in [0.4, 0.5) is 0 Å². The van der Waals surface area contributed by atoms with Crippen LogP contribution in [0, 0.1) is 0 Å². The normalized spacial score (nSPS) is 18.6. The van der Waals surface area contributed by atoms with Crippen molar-refractivity contribution in [2.24, 2.45) is 0 Å². The molecule has 1 aliphatic heterocycles. The van der Waals surface area contributed by atoms with E-state index in [4.69, 9.17) is 5.11 Å². The number of hydrogen-bond donors (Lipinski definition) is 1. The third-order valence-electron chi connectivity index (χ3n) is 2.39. The van der Waals surface area contributed by atoms with Gasteiger partial charge in [-0.15, -0.1) is 0 Å². The maximum Gasteiger partial charge on any atom is 0.328 e. The lowest BCUT2D eigenvalue weighted by atomic mass is 10.1. The Hall–Kier alpha value is -1.36. The Kier molecular flexibility index (Phi) is 6.41. The highest BCUT2D eigenvalue weighted by Crippen LogP contribution is 2.12. The molecule has 16 heavy (non-hydrogen) atoms. The van der Waals surface area contributed by atoms with Crippen molar-refractivity contribution in [3.8, 4) is 0 Å². The van der Waals surface area contributed by atoms with E-state index in [0.29, 0.717) is 12.2 Å². The van der Waals surface area contributed by atoms with Gasteiger partial charge in [-0.1, -0.05) is 0 Å². The maximum absolute atomic E-state index is 9.53. The highest BCUT2D eigenvalue weighted by atomic mass is 16.4. The monoisotopic (exact) mass is 229 g/mol. The SMILES string of the molecule is C[N+]1(C)CCCCC1.O=C([O-])C=CC(=O)O. The van der Waals surface area contributed by atoms with Crippen molar-refractivity contribution in [1.29, 1.82) is 0 Å². The van der Waals surface area contributed by atoms with Gasteiger partial charge in [-0.3, -0.25) is 0 Å². The van der Waals surface area contributed by atoms with E-state index in [1.165, 1.54) is 36.8 Å². The van der Waals surface area contributed by atoms with Crippen LogP contribution in [-0.4, -0.2) is 48.7 Å². The number of likely N-dealkylation sites (tertiary alicyclic amines) is 1. The zero-order chi connectivity index (χ0) is 12.6. The first-order valence-electron chi connectivity index (χ1n) is 5.27. The van der Waals surface area contributed by atoms with Crippen LogP contribution in [-0.2, 0) is 9.59 Å². The summed E-state index contributed by atoms with van der Waals surface area (Å²) in [7, 11) is 4.64. The minimum atomic E-state index is -1.51. The number of aliphatic carboxylic acids is 2. The van der Waals surface area contributed by atoms with Crippen molar-refractivity contribution in [3.63, 3.8) is 0 Å². The molecule has 0 aromatic carbocycles. The van der Waals surface area contributed by atoms with Gasteiger partial charge in [-0.25, -0.2) is 4.79 Å². The van der Waals surface area contributed by atoms with Gasteiger partial charge in [0.05, 0.1) is 33.2 Å². The molecule has 1 fully saturated rings. The van der Waals surface area contributed by atoms with Gasteiger partial charge in [-0.2, -0.15) is 0 Å². The fraction of sp³-hybridized carbons (Fsp3) is 0.636. The summed E-state index contributed by atoms with van der Waals surface area (Å²) in [6, 6.07) is 0. The van der Waals surface area contributed by atoms with Gasteiger partial charge < -0.3 is 19.5 Å². The summed E-state index contributed by atoms with van der Waals surface area (Å²) in [5.41, 5.74) is 0. The van der Waals surface area contributed by atoms with Crippen molar-refractivity contribution < 1.29 is 24.3 Å².